The van der Waals surface area contributed by atoms with Crippen molar-refractivity contribution in [3.8, 4) is 5.69 Å². The smallest absolute Gasteiger partial charge is 0.285 e. The molecule has 0 fully saturated rings. The maximum absolute atomic E-state index is 13.9. The molecule has 0 aliphatic rings. The summed E-state index contributed by atoms with van der Waals surface area (Å²) in [4.78, 5) is 26.8. The molecule has 4 aromatic rings. The Balaban J connectivity index is 1.78. The third-order valence-electron chi connectivity index (χ3n) is 4.62. The lowest BCUT2D eigenvalue weighted by Gasteiger charge is -2.12. The molecule has 0 aliphatic heterocycles. The number of nitrogens with one attached hydrogen (secondary N) is 1. The number of halogens is 2. The minimum absolute atomic E-state index is 0.150. The maximum Gasteiger partial charge on any atom is 0.285 e. The Bertz CT molecular complexity index is 1340. The molecule has 1 atom stereocenters. The number of H-pyrrole nitrogens is 1. The highest BCUT2D eigenvalue weighted by Crippen LogP contribution is 2.24. The normalized spacial score (nSPS) is 12.4. The van der Waals surface area contributed by atoms with Crippen LogP contribution in [0.4, 0.5) is 8.78 Å². The van der Waals surface area contributed by atoms with Gasteiger partial charge < -0.3 is 4.98 Å². The number of fused-ring (bicyclic) bond motifs is 1. The van der Waals surface area contributed by atoms with Crippen LogP contribution in [-0.4, -0.2) is 24.4 Å². The molecule has 30 heavy (non-hydrogen) atoms. The number of nitrogens with zero attached hydrogens (tertiary/aromatic N) is 4. The van der Waals surface area contributed by atoms with E-state index >= 15 is 0 Å². The summed E-state index contributed by atoms with van der Waals surface area (Å²) < 4.78 is 29.8. The molecule has 0 radical (unpaired) electrons. The number of aryl methyl sites for hydroxylation is 1. The molecule has 1 unspecified atom stereocenters. The average molecular weight is 429 g/mol. The van der Waals surface area contributed by atoms with E-state index in [9.17, 15) is 18.4 Å². The van der Waals surface area contributed by atoms with E-state index in [1.54, 1.807) is 31.2 Å². The molecule has 7 nitrogen and oxygen atoms in total. The first-order chi connectivity index (χ1) is 14.3. The molecule has 0 saturated carbocycles. The second-order valence-corrected chi connectivity index (χ2v) is 7.71. The Hall–Kier alpha value is -3.27. The Morgan fingerprint density at radius 2 is 1.97 bits per heavy atom. The van der Waals surface area contributed by atoms with Gasteiger partial charge in [-0.1, -0.05) is 36.0 Å². The molecule has 3 aromatic heterocycles. The summed E-state index contributed by atoms with van der Waals surface area (Å²) >= 11 is 1.24. The van der Waals surface area contributed by atoms with Crippen molar-refractivity contribution in [3.63, 3.8) is 0 Å². The molecular formula is C20H17F2N5O2S. The van der Waals surface area contributed by atoms with E-state index in [2.05, 4.69) is 15.2 Å². The third-order valence-corrected chi connectivity index (χ3v) is 5.62. The molecule has 1 N–H and O–H groups in total. The highest BCUT2D eigenvalue weighted by atomic mass is 32.2. The summed E-state index contributed by atoms with van der Waals surface area (Å²) in [5.41, 5.74) is 1.20. The van der Waals surface area contributed by atoms with Crippen molar-refractivity contribution in [1.82, 2.24) is 24.4 Å². The minimum Gasteiger partial charge on any atom is -0.324 e. The van der Waals surface area contributed by atoms with E-state index in [0.29, 0.717) is 16.9 Å². The first-order valence-corrected chi connectivity index (χ1v) is 10.1. The highest BCUT2D eigenvalue weighted by molar-refractivity contribution is 7.98. The van der Waals surface area contributed by atoms with Crippen LogP contribution < -0.4 is 11.1 Å². The molecule has 154 valence electrons. The van der Waals surface area contributed by atoms with Gasteiger partial charge >= 0.3 is 0 Å². The molecule has 0 bridgehead atoms. The van der Waals surface area contributed by atoms with Gasteiger partial charge in [-0.25, -0.2) is 8.78 Å². The molecular weight excluding hydrogens is 412 g/mol. The molecule has 0 saturated heterocycles. The molecule has 1 aromatic carbocycles. The summed E-state index contributed by atoms with van der Waals surface area (Å²) in [5, 5.41) is 8.77. The van der Waals surface area contributed by atoms with Crippen LogP contribution in [0, 0.1) is 12.7 Å². The number of hydrogen-bond acceptors (Lipinski definition) is 5. The molecule has 0 spiro atoms. The van der Waals surface area contributed by atoms with Gasteiger partial charge in [-0.05, 0) is 25.0 Å². The number of aromatic amines is 1. The van der Waals surface area contributed by atoms with Gasteiger partial charge in [-0.2, -0.15) is 5.10 Å². The fourth-order valence-corrected chi connectivity index (χ4v) is 3.93. The molecule has 3 heterocycles. The van der Waals surface area contributed by atoms with Gasteiger partial charge in [0.05, 0.1) is 11.9 Å². The van der Waals surface area contributed by atoms with Gasteiger partial charge in [-0.3, -0.25) is 14.2 Å². The van der Waals surface area contributed by atoms with E-state index in [1.807, 2.05) is 0 Å². The number of rotatable bonds is 5. The number of thioether (sulfide) groups is 1. The van der Waals surface area contributed by atoms with Crippen molar-refractivity contribution in [2.75, 3.05) is 0 Å². The van der Waals surface area contributed by atoms with Crippen LogP contribution in [0.5, 0.6) is 0 Å². The first-order valence-electron chi connectivity index (χ1n) is 9.07. The summed E-state index contributed by atoms with van der Waals surface area (Å²) in [6, 6.07) is 8.01. The van der Waals surface area contributed by atoms with Crippen LogP contribution in [-0.2, 0) is 5.75 Å². The largest absolute Gasteiger partial charge is 0.324 e. The highest BCUT2D eigenvalue weighted by Gasteiger charge is 2.17. The lowest BCUT2D eigenvalue weighted by molar-refractivity contribution is 0.374. The number of benzene rings is 1. The maximum atomic E-state index is 13.9. The Morgan fingerprint density at radius 1 is 1.23 bits per heavy atom. The zero-order valence-electron chi connectivity index (χ0n) is 16.1. The van der Waals surface area contributed by atoms with Crippen molar-refractivity contribution in [3.05, 3.63) is 85.9 Å². The van der Waals surface area contributed by atoms with Crippen LogP contribution in [0.2, 0.25) is 0 Å². The second kappa shape index (κ2) is 7.86. The Morgan fingerprint density at radius 3 is 2.63 bits per heavy atom. The van der Waals surface area contributed by atoms with Gasteiger partial charge in [0.2, 0.25) is 0 Å². The SMILES string of the molecule is Cc1cnn2nc(SCc3ccc(C(C)F)cc3)n(-c3c[nH]c(=O)c(F)c3)c(=O)c12. The van der Waals surface area contributed by atoms with Crippen molar-refractivity contribution in [1.29, 1.82) is 0 Å². The van der Waals surface area contributed by atoms with Crippen molar-refractivity contribution in [2.45, 2.75) is 30.9 Å². The predicted octanol–water partition coefficient (Wildman–Crippen LogP) is 3.34. The van der Waals surface area contributed by atoms with Crippen molar-refractivity contribution in [2.24, 2.45) is 0 Å². The van der Waals surface area contributed by atoms with Crippen LogP contribution in [0.15, 0.2) is 57.5 Å². The number of pyridine rings is 1. The third kappa shape index (κ3) is 3.65. The van der Waals surface area contributed by atoms with E-state index in [4.69, 9.17) is 0 Å². The number of aromatic nitrogens is 5. The van der Waals surface area contributed by atoms with Gasteiger partial charge in [-0.15, -0.1) is 9.73 Å². The zero-order chi connectivity index (χ0) is 21.4. The van der Waals surface area contributed by atoms with Gasteiger partial charge in [0.15, 0.2) is 16.5 Å². The fourth-order valence-electron chi connectivity index (χ4n) is 2.99. The summed E-state index contributed by atoms with van der Waals surface area (Å²) in [6.07, 6.45) is 1.73. The Kier molecular flexibility index (Phi) is 5.25. The monoisotopic (exact) mass is 429 g/mol. The first kappa shape index (κ1) is 20.0. The molecule has 0 amide bonds. The number of alkyl halides is 1. The standard InChI is InChI=1S/C20H17F2N5O2S/c1-11-8-24-27-17(11)19(29)26(15-7-16(22)18(28)23-9-15)20(25-27)30-10-13-3-5-14(6-4-13)12(2)21/h3-9,12H,10H2,1-2H3,(H,23,28). The van der Waals surface area contributed by atoms with Crippen molar-refractivity contribution >= 4 is 17.3 Å². The van der Waals surface area contributed by atoms with Crippen LogP contribution in [0.25, 0.3) is 11.2 Å². The van der Waals surface area contributed by atoms with E-state index < -0.39 is 23.1 Å². The van der Waals surface area contributed by atoms with Crippen LogP contribution in [0.3, 0.4) is 0 Å². The van der Waals surface area contributed by atoms with Gasteiger partial charge in [0.25, 0.3) is 11.1 Å². The van der Waals surface area contributed by atoms with Crippen LogP contribution in [0.1, 0.15) is 29.8 Å². The van der Waals surface area contributed by atoms with E-state index in [0.717, 1.165) is 11.6 Å². The molecule has 4 rings (SSSR count). The minimum atomic E-state index is -1.06. The average Bonchev–Trinajstić information content (AvgIpc) is 3.10. The van der Waals surface area contributed by atoms with Gasteiger partial charge in [0.1, 0.15) is 6.17 Å². The lowest BCUT2D eigenvalue weighted by Crippen LogP contribution is -2.26. The fraction of sp³-hybridized carbons (Fsp3) is 0.200. The quantitative estimate of drug-likeness (QED) is 0.492. The van der Waals surface area contributed by atoms with E-state index in [-0.39, 0.29) is 16.4 Å². The zero-order valence-corrected chi connectivity index (χ0v) is 16.9. The lowest BCUT2D eigenvalue weighted by atomic mass is 10.1. The topological polar surface area (TPSA) is 85.1 Å². The number of hydrogen-bond donors (Lipinski definition) is 1. The second-order valence-electron chi connectivity index (χ2n) is 6.77. The Labute approximate surface area is 173 Å². The summed E-state index contributed by atoms with van der Waals surface area (Å²) in [5.74, 6) is -0.568. The predicted molar refractivity (Wildman–Crippen MR) is 109 cm³/mol. The van der Waals surface area contributed by atoms with Crippen molar-refractivity contribution < 1.29 is 8.78 Å². The molecule has 10 heteroatoms. The summed E-state index contributed by atoms with van der Waals surface area (Å²) in [6.45, 7) is 3.19. The molecule has 0 aliphatic carbocycles. The van der Waals surface area contributed by atoms with Crippen LogP contribution >= 0.6 is 11.8 Å². The van der Waals surface area contributed by atoms with Gasteiger partial charge in [0, 0.05) is 23.6 Å². The summed E-state index contributed by atoms with van der Waals surface area (Å²) in [7, 11) is 0. The van der Waals surface area contributed by atoms with E-state index in [1.165, 1.54) is 40.3 Å².